The molecule has 2 aromatic rings. The summed E-state index contributed by atoms with van der Waals surface area (Å²) in [4.78, 5) is 40.4. The van der Waals surface area contributed by atoms with Gasteiger partial charge in [-0.1, -0.05) is 32.0 Å². The number of anilines is 1. The van der Waals surface area contributed by atoms with Crippen LogP contribution in [0.15, 0.2) is 46.6 Å². The number of carbonyl (C=O) groups excluding carboxylic acids is 2. The summed E-state index contributed by atoms with van der Waals surface area (Å²) in [6.45, 7) is 7.97. The fraction of sp³-hybridized carbons (Fsp3) is 0.348. The number of esters is 1. The van der Waals surface area contributed by atoms with Crippen LogP contribution in [0.5, 0.6) is 5.75 Å². The van der Waals surface area contributed by atoms with Crippen molar-refractivity contribution >= 4 is 17.6 Å². The molecule has 1 aromatic heterocycles. The van der Waals surface area contributed by atoms with Crippen LogP contribution in [0, 0.1) is 12.8 Å². The van der Waals surface area contributed by atoms with Crippen LogP contribution in [0.4, 0.5) is 5.69 Å². The van der Waals surface area contributed by atoms with Gasteiger partial charge in [-0.15, -0.1) is 0 Å². The van der Waals surface area contributed by atoms with Crippen molar-refractivity contribution < 1.29 is 19.1 Å². The van der Waals surface area contributed by atoms with Crippen molar-refractivity contribution in [1.29, 1.82) is 0 Å². The Labute approximate surface area is 179 Å². The summed E-state index contributed by atoms with van der Waals surface area (Å²) in [6, 6.07) is 8.62. The summed E-state index contributed by atoms with van der Waals surface area (Å²) in [7, 11) is 0. The minimum absolute atomic E-state index is 0.0680. The molecule has 0 unspecified atom stereocenters. The van der Waals surface area contributed by atoms with Crippen molar-refractivity contribution in [2.45, 2.75) is 39.7 Å². The number of benzene rings is 1. The van der Waals surface area contributed by atoms with Crippen LogP contribution in [0.25, 0.3) is 0 Å². The predicted molar refractivity (Wildman–Crippen MR) is 115 cm³/mol. The lowest BCUT2D eigenvalue weighted by Gasteiger charge is -2.35. The maximum atomic E-state index is 13.8. The molecule has 31 heavy (non-hydrogen) atoms. The quantitative estimate of drug-likeness (QED) is 0.729. The van der Waals surface area contributed by atoms with E-state index in [2.05, 4.69) is 5.32 Å². The molecule has 3 heterocycles. The normalized spacial score (nSPS) is 19.2. The van der Waals surface area contributed by atoms with Crippen molar-refractivity contribution in [3.63, 3.8) is 0 Å². The molecule has 0 saturated carbocycles. The van der Waals surface area contributed by atoms with E-state index in [1.807, 2.05) is 13.8 Å². The van der Waals surface area contributed by atoms with Gasteiger partial charge in [-0.2, -0.15) is 0 Å². The molecule has 162 valence electrons. The lowest BCUT2D eigenvalue weighted by atomic mass is 9.68. The highest BCUT2D eigenvalue weighted by Crippen LogP contribution is 2.52. The molecule has 0 radical (unpaired) electrons. The van der Waals surface area contributed by atoms with Crippen LogP contribution in [-0.2, 0) is 26.3 Å². The average Bonchev–Trinajstić information content (AvgIpc) is 2.97. The molecule has 0 bridgehead atoms. The number of hydrogen-bond donors (Lipinski definition) is 2. The highest BCUT2D eigenvalue weighted by Gasteiger charge is 2.60. The molecule has 1 spiro atoms. The van der Waals surface area contributed by atoms with E-state index in [1.54, 1.807) is 48.7 Å². The summed E-state index contributed by atoms with van der Waals surface area (Å²) >= 11 is 0. The molecule has 2 aliphatic rings. The SMILES string of the molecule is CCOC(=O)C1=C(N)Oc2cc(C)n(CC(C)C)c(=O)c2[C@]12C(=O)Nc1ccccc12. The van der Waals surface area contributed by atoms with E-state index in [0.717, 1.165) is 0 Å². The van der Waals surface area contributed by atoms with Gasteiger partial charge in [-0.3, -0.25) is 9.59 Å². The van der Waals surface area contributed by atoms with Crippen molar-refractivity contribution in [3.05, 3.63) is 69.0 Å². The number of rotatable bonds is 4. The van der Waals surface area contributed by atoms with Crippen molar-refractivity contribution in [3.8, 4) is 5.75 Å². The van der Waals surface area contributed by atoms with E-state index in [-0.39, 0.29) is 35.3 Å². The number of para-hydroxylation sites is 1. The van der Waals surface area contributed by atoms with Crippen molar-refractivity contribution in [2.75, 3.05) is 11.9 Å². The van der Waals surface area contributed by atoms with Crippen LogP contribution in [0.3, 0.4) is 0 Å². The highest BCUT2D eigenvalue weighted by molar-refractivity contribution is 6.17. The number of pyridine rings is 1. The first-order chi connectivity index (χ1) is 14.7. The number of amides is 1. The van der Waals surface area contributed by atoms with E-state index in [0.29, 0.717) is 23.5 Å². The molecule has 4 rings (SSSR count). The Kier molecular flexibility index (Phi) is 4.88. The van der Waals surface area contributed by atoms with Crippen LogP contribution in [-0.4, -0.2) is 23.1 Å². The fourth-order valence-corrected chi connectivity index (χ4v) is 4.45. The van der Waals surface area contributed by atoms with E-state index < -0.39 is 22.9 Å². The Balaban J connectivity index is 2.14. The fourth-order valence-electron chi connectivity index (χ4n) is 4.45. The summed E-state index contributed by atoms with van der Waals surface area (Å²) in [6.07, 6.45) is 0. The van der Waals surface area contributed by atoms with Gasteiger partial charge in [-0.05, 0) is 25.8 Å². The zero-order valence-electron chi connectivity index (χ0n) is 17.9. The first-order valence-electron chi connectivity index (χ1n) is 10.2. The average molecular weight is 423 g/mol. The lowest BCUT2D eigenvalue weighted by Crippen LogP contribution is -2.50. The van der Waals surface area contributed by atoms with Crippen LogP contribution >= 0.6 is 0 Å². The Morgan fingerprint density at radius 3 is 2.68 bits per heavy atom. The first kappa shape index (κ1) is 20.7. The molecular weight excluding hydrogens is 398 g/mol. The summed E-state index contributed by atoms with van der Waals surface area (Å²) in [5.41, 5.74) is 5.56. The zero-order chi connectivity index (χ0) is 22.5. The van der Waals surface area contributed by atoms with Gasteiger partial charge < -0.3 is 25.1 Å². The molecule has 1 aromatic carbocycles. The smallest absolute Gasteiger partial charge is 0.341 e. The van der Waals surface area contributed by atoms with E-state index in [9.17, 15) is 14.4 Å². The molecule has 2 aliphatic heterocycles. The second-order valence-electron chi connectivity index (χ2n) is 8.15. The van der Waals surface area contributed by atoms with Gasteiger partial charge in [0.25, 0.3) is 5.56 Å². The Bertz CT molecular complexity index is 1190. The molecular formula is C23H25N3O5. The van der Waals surface area contributed by atoms with Crippen LogP contribution in [0.2, 0.25) is 0 Å². The number of nitrogens with two attached hydrogens (primary N) is 1. The molecule has 0 aliphatic carbocycles. The number of hydrogen-bond acceptors (Lipinski definition) is 6. The number of fused-ring (bicyclic) bond motifs is 4. The minimum atomic E-state index is -1.76. The molecule has 8 heteroatoms. The minimum Gasteiger partial charge on any atom is -0.462 e. The van der Waals surface area contributed by atoms with Gasteiger partial charge in [0, 0.05) is 29.6 Å². The zero-order valence-corrected chi connectivity index (χ0v) is 17.9. The predicted octanol–water partition coefficient (Wildman–Crippen LogP) is 2.18. The summed E-state index contributed by atoms with van der Waals surface area (Å²) < 4.78 is 12.6. The number of nitrogens with zero attached hydrogens (tertiary/aromatic N) is 1. The first-order valence-corrected chi connectivity index (χ1v) is 10.2. The topological polar surface area (TPSA) is 113 Å². The number of aryl methyl sites for hydroxylation is 1. The number of carbonyl (C=O) groups is 2. The summed E-state index contributed by atoms with van der Waals surface area (Å²) in [5, 5.41) is 2.81. The monoisotopic (exact) mass is 423 g/mol. The molecule has 8 nitrogen and oxygen atoms in total. The Morgan fingerprint density at radius 2 is 2.00 bits per heavy atom. The molecule has 3 N–H and O–H groups in total. The van der Waals surface area contributed by atoms with Gasteiger partial charge in [0.05, 0.1) is 12.2 Å². The van der Waals surface area contributed by atoms with E-state index >= 15 is 0 Å². The highest BCUT2D eigenvalue weighted by atomic mass is 16.5. The van der Waals surface area contributed by atoms with Crippen LogP contribution in [0.1, 0.15) is 37.6 Å². The molecule has 1 atom stereocenters. The van der Waals surface area contributed by atoms with Gasteiger partial charge in [0.1, 0.15) is 16.7 Å². The number of ether oxygens (including phenoxy) is 2. The third kappa shape index (κ3) is 2.85. The third-order valence-corrected chi connectivity index (χ3v) is 5.63. The summed E-state index contributed by atoms with van der Waals surface area (Å²) in [5.74, 6) is -1.24. The number of aromatic nitrogens is 1. The molecule has 0 fully saturated rings. The standard InChI is InChI=1S/C23H25N3O5/c1-5-30-21(28)18-19(24)31-16-10-13(4)26(11-12(2)3)20(27)17(16)23(18)14-8-6-7-9-15(14)25-22(23)29/h6-10,12H,5,11,24H2,1-4H3,(H,25,29)/t23-/m0/s1. The largest absolute Gasteiger partial charge is 0.462 e. The molecule has 0 saturated heterocycles. The van der Waals surface area contributed by atoms with Gasteiger partial charge in [0.15, 0.2) is 0 Å². The third-order valence-electron chi connectivity index (χ3n) is 5.63. The Morgan fingerprint density at radius 1 is 1.29 bits per heavy atom. The second-order valence-corrected chi connectivity index (χ2v) is 8.15. The van der Waals surface area contributed by atoms with Crippen molar-refractivity contribution in [2.24, 2.45) is 11.7 Å². The Hall–Kier alpha value is -3.55. The van der Waals surface area contributed by atoms with Gasteiger partial charge in [0.2, 0.25) is 11.8 Å². The van der Waals surface area contributed by atoms with Gasteiger partial charge in [-0.25, -0.2) is 4.79 Å². The van der Waals surface area contributed by atoms with Crippen LogP contribution < -0.4 is 21.3 Å². The maximum Gasteiger partial charge on any atom is 0.341 e. The second kappa shape index (κ2) is 7.30. The van der Waals surface area contributed by atoms with Crippen molar-refractivity contribution in [1.82, 2.24) is 4.57 Å². The molecule has 1 amide bonds. The van der Waals surface area contributed by atoms with E-state index in [4.69, 9.17) is 15.2 Å². The number of nitrogens with one attached hydrogen (secondary N) is 1. The maximum absolute atomic E-state index is 13.8. The lowest BCUT2D eigenvalue weighted by molar-refractivity contribution is -0.140. The van der Waals surface area contributed by atoms with E-state index in [1.165, 1.54) is 0 Å². The van der Waals surface area contributed by atoms with Gasteiger partial charge >= 0.3 is 5.97 Å².